The second-order valence-electron chi connectivity index (χ2n) is 3.66. The molecule has 0 spiro atoms. The summed E-state index contributed by atoms with van der Waals surface area (Å²) in [5.74, 6) is 0.504. The Labute approximate surface area is 106 Å². The monoisotopic (exact) mass is 269 g/mol. The molecule has 4 nitrogen and oxygen atoms in total. The van der Waals surface area contributed by atoms with Gasteiger partial charge in [-0.2, -0.15) is 0 Å². The lowest BCUT2D eigenvalue weighted by Gasteiger charge is -1.95. The third-order valence-corrected chi connectivity index (χ3v) is 3.53. The summed E-state index contributed by atoms with van der Waals surface area (Å²) < 4.78 is 29.4. The molecule has 0 saturated carbocycles. The van der Waals surface area contributed by atoms with Crippen LogP contribution in [0.3, 0.4) is 0 Å². The van der Waals surface area contributed by atoms with E-state index in [1.807, 2.05) is 0 Å². The predicted octanol–water partition coefficient (Wildman–Crippen LogP) is 1.72. The molecule has 2 rings (SSSR count). The van der Waals surface area contributed by atoms with Crippen LogP contribution in [0.15, 0.2) is 34.9 Å². The van der Waals surface area contributed by atoms with E-state index in [0.29, 0.717) is 17.1 Å². The highest BCUT2D eigenvalue weighted by molar-refractivity contribution is 7.84. The lowest BCUT2D eigenvalue weighted by molar-refractivity contribution is 0.321. The number of aromatic nitrogens is 1. The fourth-order valence-corrected chi connectivity index (χ4v) is 2.25. The normalized spacial score (nSPS) is 12.6. The van der Waals surface area contributed by atoms with Crippen molar-refractivity contribution in [3.8, 4) is 11.5 Å². The highest BCUT2D eigenvalue weighted by Gasteiger charge is 2.09. The molecule has 0 saturated heterocycles. The molecule has 6 heteroatoms. The summed E-state index contributed by atoms with van der Waals surface area (Å²) in [7, 11) is -1.15. The molecule has 0 amide bonds. The van der Waals surface area contributed by atoms with Crippen LogP contribution in [0.5, 0.6) is 0 Å². The van der Waals surface area contributed by atoms with E-state index in [4.69, 9.17) is 9.52 Å². The summed E-state index contributed by atoms with van der Waals surface area (Å²) in [6.07, 6.45) is 1.42. The highest BCUT2D eigenvalue weighted by atomic mass is 32.2. The molecular weight excluding hydrogens is 257 g/mol. The molecule has 18 heavy (non-hydrogen) atoms. The molecule has 96 valence electrons. The average Bonchev–Trinajstić information content (AvgIpc) is 2.78. The lowest BCUT2D eigenvalue weighted by Crippen LogP contribution is -2.04. The molecule has 1 aromatic carbocycles. The van der Waals surface area contributed by atoms with Gasteiger partial charge in [0.15, 0.2) is 0 Å². The molecule has 1 heterocycles. The summed E-state index contributed by atoms with van der Waals surface area (Å²) in [5.41, 5.74) is 1.22. The number of rotatable bonds is 5. The first-order chi connectivity index (χ1) is 8.69. The first-order valence-corrected chi connectivity index (χ1v) is 6.84. The number of oxazole rings is 1. The number of nitrogens with zero attached hydrogens (tertiary/aromatic N) is 1. The van der Waals surface area contributed by atoms with Gasteiger partial charge in [-0.15, -0.1) is 0 Å². The lowest BCUT2D eigenvalue weighted by atomic mass is 10.2. The molecule has 0 aliphatic carbocycles. The Bertz CT molecular complexity index is 539. The molecule has 1 atom stereocenters. The Morgan fingerprint density at radius 2 is 2.06 bits per heavy atom. The maximum atomic E-state index is 12.7. The van der Waals surface area contributed by atoms with E-state index < -0.39 is 10.8 Å². The van der Waals surface area contributed by atoms with E-state index in [-0.39, 0.29) is 23.9 Å². The van der Waals surface area contributed by atoms with Crippen LogP contribution in [0.4, 0.5) is 4.39 Å². The van der Waals surface area contributed by atoms with Crippen LogP contribution in [-0.4, -0.2) is 26.7 Å². The summed E-state index contributed by atoms with van der Waals surface area (Å²) in [4.78, 5) is 4.17. The van der Waals surface area contributed by atoms with Crippen molar-refractivity contribution in [3.05, 3.63) is 42.0 Å². The average molecular weight is 269 g/mol. The van der Waals surface area contributed by atoms with E-state index >= 15 is 0 Å². The van der Waals surface area contributed by atoms with Gasteiger partial charge in [0.05, 0.1) is 18.1 Å². The van der Waals surface area contributed by atoms with E-state index in [0.717, 1.165) is 0 Å². The Morgan fingerprint density at radius 3 is 2.72 bits per heavy atom. The van der Waals surface area contributed by atoms with Crippen molar-refractivity contribution in [1.29, 1.82) is 0 Å². The molecule has 0 aliphatic rings. The van der Waals surface area contributed by atoms with Crippen molar-refractivity contribution in [3.63, 3.8) is 0 Å². The van der Waals surface area contributed by atoms with E-state index in [1.54, 1.807) is 12.1 Å². The second kappa shape index (κ2) is 5.88. The van der Waals surface area contributed by atoms with Crippen molar-refractivity contribution in [2.24, 2.45) is 0 Å². The maximum absolute atomic E-state index is 12.7. The van der Waals surface area contributed by atoms with Gasteiger partial charge in [0, 0.05) is 22.1 Å². The van der Waals surface area contributed by atoms with Gasteiger partial charge in [-0.1, -0.05) is 0 Å². The molecule has 2 aromatic rings. The predicted molar refractivity (Wildman–Crippen MR) is 65.7 cm³/mol. The summed E-state index contributed by atoms with van der Waals surface area (Å²) in [5, 5.41) is 8.65. The third kappa shape index (κ3) is 3.24. The van der Waals surface area contributed by atoms with Crippen LogP contribution >= 0.6 is 0 Å². The van der Waals surface area contributed by atoms with Crippen LogP contribution < -0.4 is 0 Å². The van der Waals surface area contributed by atoms with Gasteiger partial charge in [-0.05, 0) is 24.3 Å². The molecule has 1 aromatic heterocycles. The summed E-state index contributed by atoms with van der Waals surface area (Å²) in [6.45, 7) is -0.116. The van der Waals surface area contributed by atoms with Crippen LogP contribution in [-0.2, 0) is 16.6 Å². The Hall–Kier alpha value is -1.53. The van der Waals surface area contributed by atoms with Gasteiger partial charge >= 0.3 is 0 Å². The van der Waals surface area contributed by atoms with Crippen molar-refractivity contribution in [1.82, 2.24) is 4.98 Å². The quantitative estimate of drug-likeness (QED) is 0.897. The minimum atomic E-state index is -1.15. The number of hydrogen-bond acceptors (Lipinski definition) is 4. The molecule has 0 aliphatic heterocycles. The number of aliphatic hydroxyl groups is 1. The topological polar surface area (TPSA) is 63.3 Å². The smallest absolute Gasteiger partial charge is 0.226 e. The Kier molecular flexibility index (Phi) is 4.22. The van der Waals surface area contributed by atoms with Gasteiger partial charge in [-0.3, -0.25) is 4.21 Å². The number of aliphatic hydroxyl groups excluding tert-OH is 1. The largest absolute Gasteiger partial charge is 0.444 e. The number of halogens is 1. The summed E-state index contributed by atoms with van der Waals surface area (Å²) >= 11 is 0. The highest BCUT2D eigenvalue weighted by Crippen LogP contribution is 2.19. The van der Waals surface area contributed by atoms with Crippen molar-refractivity contribution in [2.45, 2.75) is 5.75 Å². The van der Waals surface area contributed by atoms with Crippen LogP contribution in [0, 0.1) is 5.82 Å². The minimum absolute atomic E-state index is 0.116. The van der Waals surface area contributed by atoms with Gasteiger partial charge in [0.2, 0.25) is 5.89 Å². The molecule has 1 unspecified atom stereocenters. The molecule has 0 radical (unpaired) electrons. The molecule has 1 N–H and O–H groups in total. The van der Waals surface area contributed by atoms with Crippen molar-refractivity contribution >= 4 is 10.8 Å². The van der Waals surface area contributed by atoms with Gasteiger partial charge in [0.25, 0.3) is 0 Å². The van der Waals surface area contributed by atoms with E-state index in [2.05, 4.69) is 4.98 Å². The van der Waals surface area contributed by atoms with Crippen molar-refractivity contribution in [2.75, 3.05) is 12.4 Å². The van der Waals surface area contributed by atoms with Crippen LogP contribution in [0.2, 0.25) is 0 Å². The van der Waals surface area contributed by atoms with Gasteiger partial charge < -0.3 is 9.52 Å². The Morgan fingerprint density at radius 1 is 1.33 bits per heavy atom. The van der Waals surface area contributed by atoms with Gasteiger partial charge in [-0.25, -0.2) is 9.37 Å². The molecule has 0 bridgehead atoms. The Balaban J connectivity index is 2.10. The zero-order valence-corrected chi connectivity index (χ0v) is 10.3. The fourth-order valence-electron chi connectivity index (χ4n) is 1.44. The maximum Gasteiger partial charge on any atom is 0.226 e. The minimum Gasteiger partial charge on any atom is -0.444 e. The van der Waals surface area contributed by atoms with Gasteiger partial charge in [0.1, 0.15) is 12.1 Å². The van der Waals surface area contributed by atoms with Crippen LogP contribution in [0.1, 0.15) is 5.69 Å². The van der Waals surface area contributed by atoms with E-state index in [9.17, 15) is 8.60 Å². The zero-order valence-electron chi connectivity index (χ0n) is 9.51. The molecular formula is C12H12FNO3S. The van der Waals surface area contributed by atoms with E-state index in [1.165, 1.54) is 18.4 Å². The third-order valence-electron chi connectivity index (χ3n) is 2.27. The first kappa shape index (κ1) is 12.9. The number of benzene rings is 1. The SMILES string of the molecule is O=S(CCO)Cc1coc(-c2ccc(F)cc2)n1. The van der Waals surface area contributed by atoms with Crippen molar-refractivity contribution < 1.29 is 18.1 Å². The zero-order chi connectivity index (χ0) is 13.0. The second-order valence-corrected chi connectivity index (χ2v) is 5.24. The fraction of sp³-hybridized carbons (Fsp3) is 0.250. The van der Waals surface area contributed by atoms with Crippen LogP contribution in [0.25, 0.3) is 11.5 Å². The molecule has 0 fully saturated rings. The first-order valence-electron chi connectivity index (χ1n) is 5.35. The standard InChI is InChI=1S/C12H12FNO3S/c13-10-3-1-9(2-4-10)12-14-11(7-17-12)8-18(16)6-5-15/h1-4,7,15H,5-6,8H2. The summed E-state index contributed by atoms with van der Waals surface area (Å²) in [6, 6.07) is 5.78. The number of hydrogen-bond donors (Lipinski definition) is 1.